The normalized spacial score (nSPS) is 15.5. The Labute approximate surface area is 134 Å². The molecule has 0 saturated carbocycles. The summed E-state index contributed by atoms with van der Waals surface area (Å²) in [6.45, 7) is 1.49. The molecule has 0 unspecified atom stereocenters. The van der Waals surface area contributed by atoms with Crippen molar-refractivity contribution in [2.75, 3.05) is 13.1 Å². The van der Waals surface area contributed by atoms with Gasteiger partial charge in [0.15, 0.2) is 0 Å². The Bertz CT molecular complexity index is 551. The topological polar surface area (TPSA) is 49.4 Å². The molecule has 0 aromatic heterocycles. The van der Waals surface area contributed by atoms with E-state index in [1.165, 1.54) is 12.1 Å². The van der Waals surface area contributed by atoms with E-state index in [-0.39, 0.29) is 23.3 Å². The van der Waals surface area contributed by atoms with Gasteiger partial charge in [0.1, 0.15) is 5.82 Å². The minimum atomic E-state index is -0.476. The Hall–Kier alpha value is -1.62. The average Bonchev–Trinajstić information content (AvgIpc) is 2.71. The Kier molecular flexibility index (Phi) is 6.19. The van der Waals surface area contributed by atoms with E-state index < -0.39 is 5.82 Å². The maximum atomic E-state index is 13.0. The number of halogens is 2. The Morgan fingerprint density at radius 2 is 2.14 bits per heavy atom. The molecule has 1 N–H and O–H groups in total. The highest BCUT2D eigenvalue weighted by atomic mass is 35.5. The lowest BCUT2D eigenvalue weighted by molar-refractivity contribution is -0.131. The van der Waals surface area contributed by atoms with Crippen molar-refractivity contribution in [3.63, 3.8) is 0 Å². The van der Waals surface area contributed by atoms with Gasteiger partial charge in [-0.15, -0.1) is 0 Å². The van der Waals surface area contributed by atoms with Crippen LogP contribution in [-0.2, 0) is 16.1 Å². The zero-order valence-corrected chi connectivity index (χ0v) is 13.2. The van der Waals surface area contributed by atoms with Crippen LogP contribution in [0.3, 0.4) is 0 Å². The molecule has 0 spiro atoms. The van der Waals surface area contributed by atoms with Gasteiger partial charge in [-0.25, -0.2) is 4.39 Å². The number of carbonyl (C=O) groups is 2. The largest absolute Gasteiger partial charge is 0.352 e. The third kappa shape index (κ3) is 4.98. The van der Waals surface area contributed by atoms with E-state index in [0.29, 0.717) is 19.5 Å². The van der Waals surface area contributed by atoms with Gasteiger partial charge in [0.05, 0.1) is 5.02 Å². The fourth-order valence-corrected chi connectivity index (χ4v) is 2.65. The van der Waals surface area contributed by atoms with Crippen molar-refractivity contribution in [2.45, 2.75) is 38.6 Å². The van der Waals surface area contributed by atoms with Crippen molar-refractivity contribution in [3.05, 3.63) is 34.6 Å². The lowest BCUT2D eigenvalue weighted by Gasteiger charge is -2.20. The summed E-state index contributed by atoms with van der Waals surface area (Å²) in [5.41, 5.74) is 0.741. The Morgan fingerprint density at radius 3 is 2.91 bits per heavy atom. The summed E-state index contributed by atoms with van der Waals surface area (Å²) in [7, 11) is 0. The Morgan fingerprint density at radius 1 is 1.32 bits per heavy atom. The van der Waals surface area contributed by atoms with Gasteiger partial charge in [-0.05, 0) is 30.5 Å². The van der Waals surface area contributed by atoms with E-state index in [0.717, 1.165) is 31.4 Å². The third-order valence-electron chi connectivity index (χ3n) is 3.75. The molecular formula is C16H20ClFN2O2. The van der Waals surface area contributed by atoms with Crippen molar-refractivity contribution < 1.29 is 14.0 Å². The number of nitrogens with zero attached hydrogens (tertiary/aromatic N) is 1. The minimum absolute atomic E-state index is 0.0434. The monoisotopic (exact) mass is 326 g/mol. The molecule has 22 heavy (non-hydrogen) atoms. The number of amides is 2. The van der Waals surface area contributed by atoms with Gasteiger partial charge in [0.25, 0.3) is 0 Å². The molecular weight excluding hydrogens is 307 g/mol. The molecule has 4 nitrogen and oxygen atoms in total. The van der Waals surface area contributed by atoms with Crippen LogP contribution in [0.5, 0.6) is 0 Å². The molecule has 6 heteroatoms. The van der Waals surface area contributed by atoms with Crippen molar-refractivity contribution in [1.29, 1.82) is 0 Å². The fourth-order valence-electron chi connectivity index (χ4n) is 2.45. The number of hydrogen-bond donors (Lipinski definition) is 1. The molecule has 1 aromatic carbocycles. The fraction of sp³-hybridized carbons (Fsp3) is 0.500. The van der Waals surface area contributed by atoms with Crippen LogP contribution in [0.4, 0.5) is 4.39 Å². The summed E-state index contributed by atoms with van der Waals surface area (Å²) in [4.78, 5) is 25.4. The molecule has 0 atom stereocenters. The second-order valence-electron chi connectivity index (χ2n) is 5.47. The number of rotatable bonds is 5. The van der Waals surface area contributed by atoms with E-state index in [2.05, 4.69) is 5.32 Å². The molecule has 1 aromatic rings. The molecule has 0 aliphatic carbocycles. The summed E-state index contributed by atoms with van der Waals surface area (Å²) in [5, 5.41) is 2.80. The molecule has 1 aliphatic rings. The molecule has 0 bridgehead atoms. The lowest BCUT2D eigenvalue weighted by atomic mass is 10.2. The first-order chi connectivity index (χ1) is 10.6. The molecule has 0 radical (unpaired) electrons. The summed E-state index contributed by atoms with van der Waals surface area (Å²) >= 11 is 5.69. The van der Waals surface area contributed by atoms with Crippen LogP contribution in [0.2, 0.25) is 5.02 Å². The highest BCUT2D eigenvalue weighted by Gasteiger charge is 2.17. The van der Waals surface area contributed by atoms with Gasteiger partial charge in [-0.3, -0.25) is 9.59 Å². The third-order valence-corrected chi connectivity index (χ3v) is 4.04. The van der Waals surface area contributed by atoms with Crippen LogP contribution in [-0.4, -0.2) is 29.8 Å². The van der Waals surface area contributed by atoms with Crippen molar-refractivity contribution in [2.24, 2.45) is 0 Å². The standard InChI is InChI=1S/C16H20ClFN2O2/c17-13-10-12(5-6-14(13)18)11-19-15(21)7-9-20-8-3-1-2-4-16(20)22/h5-6,10H,1-4,7-9,11H2,(H,19,21). The molecule has 1 fully saturated rings. The number of nitrogens with one attached hydrogen (secondary N) is 1. The highest BCUT2D eigenvalue weighted by molar-refractivity contribution is 6.30. The van der Waals surface area contributed by atoms with Gasteiger partial charge in [0.2, 0.25) is 11.8 Å². The van der Waals surface area contributed by atoms with E-state index in [1.807, 2.05) is 0 Å². The summed E-state index contributed by atoms with van der Waals surface area (Å²) < 4.78 is 13.0. The molecule has 1 saturated heterocycles. The number of hydrogen-bond acceptors (Lipinski definition) is 2. The van der Waals surface area contributed by atoms with Gasteiger partial charge in [0, 0.05) is 32.5 Å². The number of likely N-dealkylation sites (tertiary alicyclic amines) is 1. The number of carbonyl (C=O) groups excluding carboxylic acids is 2. The second-order valence-corrected chi connectivity index (χ2v) is 5.87. The quantitative estimate of drug-likeness (QED) is 0.904. The van der Waals surface area contributed by atoms with E-state index in [4.69, 9.17) is 11.6 Å². The van der Waals surface area contributed by atoms with E-state index in [1.54, 1.807) is 11.0 Å². The number of benzene rings is 1. The zero-order chi connectivity index (χ0) is 15.9. The maximum absolute atomic E-state index is 13.0. The molecule has 1 heterocycles. The first-order valence-corrected chi connectivity index (χ1v) is 7.92. The highest BCUT2D eigenvalue weighted by Crippen LogP contribution is 2.16. The van der Waals surface area contributed by atoms with Crippen LogP contribution in [0.1, 0.15) is 37.7 Å². The zero-order valence-electron chi connectivity index (χ0n) is 12.4. The van der Waals surface area contributed by atoms with Gasteiger partial charge < -0.3 is 10.2 Å². The van der Waals surface area contributed by atoms with Crippen LogP contribution >= 0.6 is 11.6 Å². The van der Waals surface area contributed by atoms with Gasteiger partial charge in [-0.2, -0.15) is 0 Å². The van der Waals surface area contributed by atoms with Gasteiger partial charge in [-0.1, -0.05) is 24.1 Å². The van der Waals surface area contributed by atoms with E-state index >= 15 is 0 Å². The summed E-state index contributed by atoms with van der Waals surface area (Å²) in [6, 6.07) is 4.36. The van der Waals surface area contributed by atoms with Crippen molar-refractivity contribution in [3.8, 4) is 0 Å². The van der Waals surface area contributed by atoms with Crippen LogP contribution in [0.15, 0.2) is 18.2 Å². The molecule has 2 rings (SSSR count). The second kappa shape index (κ2) is 8.13. The Balaban J connectivity index is 1.75. The molecule has 120 valence electrons. The first-order valence-electron chi connectivity index (χ1n) is 7.54. The molecule has 2 amide bonds. The van der Waals surface area contributed by atoms with Crippen LogP contribution < -0.4 is 5.32 Å². The van der Waals surface area contributed by atoms with Gasteiger partial charge >= 0.3 is 0 Å². The minimum Gasteiger partial charge on any atom is -0.352 e. The predicted octanol–water partition coefficient (Wildman–Crippen LogP) is 2.89. The maximum Gasteiger partial charge on any atom is 0.222 e. The van der Waals surface area contributed by atoms with Crippen molar-refractivity contribution in [1.82, 2.24) is 10.2 Å². The SMILES string of the molecule is O=C(CCN1CCCCCC1=O)NCc1ccc(F)c(Cl)c1. The average molecular weight is 327 g/mol. The smallest absolute Gasteiger partial charge is 0.222 e. The van der Waals surface area contributed by atoms with E-state index in [9.17, 15) is 14.0 Å². The van der Waals surface area contributed by atoms with Crippen molar-refractivity contribution >= 4 is 23.4 Å². The molecule has 1 aliphatic heterocycles. The van der Waals surface area contributed by atoms with Crippen LogP contribution in [0, 0.1) is 5.82 Å². The summed E-state index contributed by atoms with van der Waals surface area (Å²) in [6.07, 6.45) is 3.87. The summed E-state index contributed by atoms with van der Waals surface area (Å²) in [5.74, 6) is -0.468. The first kappa shape index (κ1) is 16.7. The van der Waals surface area contributed by atoms with Crippen LogP contribution in [0.25, 0.3) is 0 Å². The lowest BCUT2D eigenvalue weighted by Crippen LogP contribution is -2.34. The predicted molar refractivity (Wildman–Crippen MR) is 82.9 cm³/mol.